The highest BCUT2D eigenvalue weighted by atomic mass is 19.1. The second-order valence-electron chi connectivity index (χ2n) is 6.79. The first-order chi connectivity index (χ1) is 13.2. The lowest BCUT2D eigenvalue weighted by Crippen LogP contribution is -2.40. The molecule has 0 saturated heterocycles. The van der Waals surface area contributed by atoms with Gasteiger partial charge in [0.2, 0.25) is 0 Å². The molecule has 0 bridgehead atoms. The number of cyclic esters (lactones) is 1. The molecule has 1 N–H and O–H groups in total. The van der Waals surface area contributed by atoms with Crippen LogP contribution in [0.4, 0.5) is 4.39 Å². The number of aromatic nitrogens is 1. The number of H-pyrrole nitrogens is 1. The molecule has 5 rings (SSSR count). The fraction of sp³-hybridized carbons (Fsp3) is 0.0870. The third-order valence-corrected chi connectivity index (χ3v) is 5.25. The molecule has 27 heavy (non-hydrogen) atoms. The van der Waals surface area contributed by atoms with Crippen LogP contribution in [0.5, 0.6) is 0 Å². The quantitative estimate of drug-likeness (QED) is 0.515. The van der Waals surface area contributed by atoms with E-state index in [9.17, 15) is 9.18 Å². The minimum absolute atomic E-state index is 0.326. The molecule has 1 aromatic heterocycles. The number of fused-ring (bicyclic) bond motifs is 3. The third-order valence-electron chi connectivity index (χ3n) is 5.25. The van der Waals surface area contributed by atoms with Crippen LogP contribution in [-0.4, -0.2) is 11.0 Å². The Morgan fingerprint density at radius 1 is 0.889 bits per heavy atom. The molecular formula is C23H16FNO2. The molecule has 0 aliphatic carbocycles. The maximum atomic E-state index is 13.9. The summed E-state index contributed by atoms with van der Waals surface area (Å²) in [5.74, 6) is -0.756. The Kier molecular flexibility index (Phi) is 3.41. The summed E-state index contributed by atoms with van der Waals surface area (Å²) < 4.78 is 20.0. The molecule has 4 heteroatoms. The van der Waals surface area contributed by atoms with Crippen molar-refractivity contribution in [2.24, 2.45) is 0 Å². The second-order valence-corrected chi connectivity index (χ2v) is 6.79. The molecule has 0 spiro atoms. The zero-order chi connectivity index (χ0) is 18.4. The number of ether oxygens (including phenoxy) is 1. The molecule has 1 aliphatic rings. The van der Waals surface area contributed by atoms with E-state index in [0.717, 1.165) is 27.6 Å². The van der Waals surface area contributed by atoms with Crippen molar-refractivity contribution in [3.63, 3.8) is 0 Å². The van der Waals surface area contributed by atoms with Crippen molar-refractivity contribution in [2.75, 3.05) is 0 Å². The van der Waals surface area contributed by atoms with Crippen molar-refractivity contribution in [2.45, 2.75) is 12.0 Å². The van der Waals surface area contributed by atoms with E-state index in [0.29, 0.717) is 12.1 Å². The standard InChI is InChI=1S/C23H16FNO2/c24-17-11-12-20-18(13-17)19-14-23(15-7-3-1-4-8-15,16-9-5-2-6-10-16)27-22(26)21(19)25-20/h1-13,25H,14H2. The van der Waals surface area contributed by atoms with E-state index in [2.05, 4.69) is 4.98 Å². The van der Waals surface area contributed by atoms with Crippen LogP contribution in [0.3, 0.4) is 0 Å². The number of carbonyl (C=O) groups excluding carboxylic acids is 1. The number of esters is 1. The van der Waals surface area contributed by atoms with Gasteiger partial charge < -0.3 is 9.72 Å². The normalized spacial score (nSPS) is 15.4. The Balaban J connectivity index is 1.79. The summed E-state index contributed by atoms with van der Waals surface area (Å²) in [4.78, 5) is 16.0. The van der Waals surface area contributed by atoms with Gasteiger partial charge in [0, 0.05) is 28.5 Å². The van der Waals surface area contributed by atoms with Crippen molar-refractivity contribution in [3.8, 4) is 0 Å². The molecule has 0 amide bonds. The van der Waals surface area contributed by atoms with E-state index in [-0.39, 0.29) is 5.82 Å². The van der Waals surface area contributed by atoms with Crippen LogP contribution in [0.1, 0.15) is 27.2 Å². The minimum atomic E-state index is -0.950. The van der Waals surface area contributed by atoms with E-state index in [1.807, 2.05) is 60.7 Å². The lowest BCUT2D eigenvalue weighted by Gasteiger charge is -2.37. The summed E-state index contributed by atoms with van der Waals surface area (Å²) in [5.41, 5.74) is 2.75. The van der Waals surface area contributed by atoms with Gasteiger partial charge in [0.25, 0.3) is 0 Å². The summed E-state index contributed by atoms with van der Waals surface area (Å²) in [7, 11) is 0. The first-order valence-electron chi connectivity index (χ1n) is 8.82. The van der Waals surface area contributed by atoms with Crippen LogP contribution in [0.25, 0.3) is 10.9 Å². The zero-order valence-electron chi connectivity index (χ0n) is 14.4. The van der Waals surface area contributed by atoms with E-state index in [1.165, 1.54) is 12.1 Å². The molecule has 4 aromatic rings. The summed E-state index contributed by atoms with van der Waals surface area (Å²) in [6.45, 7) is 0. The van der Waals surface area contributed by atoms with Gasteiger partial charge >= 0.3 is 5.97 Å². The van der Waals surface area contributed by atoms with E-state index < -0.39 is 11.6 Å². The molecule has 2 heterocycles. The topological polar surface area (TPSA) is 42.1 Å². The minimum Gasteiger partial charge on any atom is -0.444 e. The number of aromatic amines is 1. The van der Waals surface area contributed by atoms with E-state index in [1.54, 1.807) is 6.07 Å². The van der Waals surface area contributed by atoms with Crippen LogP contribution >= 0.6 is 0 Å². The Morgan fingerprint density at radius 3 is 2.15 bits per heavy atom. The molecule has 0 atom stereocenters. The van der Waals surface area contributed by atoms with E-state index >= 15 is 0 Å². The fourth-order valence-electron chi connectivity index (χ4n) is 3.98. The van der Waals surface area contributed by atoms with Crippen LogP contribution in [0.15, 0.2) is 78.9 Å². The van der Waals surface area contributed by atoms with Crippen molar-refractivity contribution in [1.82, 2.24) is 4.98 Å². The van der Waals surface area contributed by atoms with E-state index in [4.69, 9.17) is 4.74 Å². The summed E-state index contributed by atoms with van der Waals surface area (Å²) in [6, 6.07) is 23.9. The average Bonchev–Trinajstić information content (AvgIpc) is 3.07. The molecule has 0 fully saturated rings. The van der Waals surface area contributed by atoms with Gasteiger partial charge in [-0.1, -0.05) is 60.7 Å². The average molecular weight is 357 g/mol. The largest absolute Gasteiger partial charge is 0.444 e. The van der Waals surface area contributed by atoms with Gasteiger partial charge in [0.15, 0.2) is 5.60 Å². The van der Waals surface area contributed by atoms with Crippen molar-refractivity contribution < 1.29 is 13.9 Å². The predicted octanol–water partition coefficient (Wildman–Crippen LogP) is 4.96. The maximum absolute atomic E-state index is 13.9. The van der Waals surface area contributed by atoms with Gasteiger partial charge in [-0.05, 0) is 23.8 Å². The highest BCUT2D eigenvalue weighted by Gasteiger charge is 2.45. The predicted molar refractivity (Wildman–Crippen MR) is 101 cm³/mol. The van der Waals surface area contributed by atoms with Gasteiger partial charge in [-0.2, -0.15) is 0 Å². The molecule has 3 nitrogen and oxygen atoms in total. The smallest absolute Gasteiger partial charge is 0.356 e. The zero-order valence-corrected chi connectivity index (χ0v) is 14.4. The Morgan fingerprint density at radius 2 is 1.52 bits per heavy atom. The number of carbonyl (C=O) groups is 1. The van der Waals surface area contributed by atoms with Gasteiger partial charge in [-0.3, -0.25) is 0 Å². The fourth-order valence-corrected chi connectivity index (χ4v) is 3.98. The SMILES string of the molecule is O=C1OC(c2ccccc2)(c2ccccc2)Cc2c1[nH]c1ccc(F)cc21. The highest BCUT2D eigenvalue weighted by molar-refractivity contribution is 6.00. The summed E-state index contributed by atoms with van der Waals surface area (Å²) in [5, 5.41) is 0.720. The van der Waals surface area contributed by atoms with Crippen molar-refractivity contribution in [1.29, 1.82) is 0 Å². The molecule has 0 saturated carbocycles. The number of hydrogen-bond acceptors (Lipinski definition) is 2. The monoisotopic (exact) mass is 357 g/mol. The van der Waals surface area contributed by atoms with Gasteiger partial charge in [0.05, 0.1) is 0 Å². The number of benzene rings is 3. The first-order valence-corrected chi connectivity index (χ1v) is 8.82. The van der Waals surface area contributed by atoms with Crippen molar-refractivity contribution >= 4 is 16.9 Å². The second kappa shape index (κ2) is 5.81. The molecule has 0 radical (unpaired) electrons. The molecule has 3 aromatic carbocycles. The molecule has 0 unspecified atom stereocenters. The first kappa shape index (κ1) is 15.8. The Bertz CT molecular complexity index is 1110. The number of halogens is 1. The maximum Gasteiger partial charge on any atom is 0.356 e. The molecular weight excluding hydrogens is 341 g/mol. The van der Waals surface area contributed by atoms with Crippen LogP contribution in [0, 0.1) is 5.82 Å². The van der Waals surface area contributed by atoms with Crippen molar-refractivity contribution in [3.05, 3.63) is 107 Å². The van der Waals surface area contributed by atoms with Gasteiger partial charge in [0.1, 0.15) is 11.5 Å². The van der Waals surface area contributed by atoms with Crippen LogP contribution < -0.4 is 0 Å². The summed E-state index contributed by atoms with van der Waals surface area (Å²) >= 11 is 0. The Labute approximate surface area is 155 Å². The third kappa shape index (κ3) is 2.37. The lowest BCUT2D eigenvalue weighted by atomic mass is 9.79. The molecule has 1 aliphatic heterocycles. The Hall–Kier alpha value is -3.40. The number of hydrogen-bond donors (Lipinski definition) is 1. The summed E-state index contributed by atoms with van der Waals surface area (Å²) in [6.07, 6.45) is 0.436. The number of nitrogens with one attached hydrogen (secondary N) is 1. The van der Waals surface area contributed by atoms with Crippen LogP contribution in [-0.2, 0) is 16.8 Å². The van der Waals surface area contributed by atoms with Gasteiger partial charge in [-0.25, -0.2) is 9.18 Å². The lowest BCUT2D eigenvalue weighted by molar-refractivity contribution is -0.00792. The van der Waals surface area contributed by atoms with Crippen LogP contribution in [0.2, 0.25) is 0 Å². The highest BCUT2D eigenvalue weighted by Crippen LogP contribution is 2.43. The molecule has 132 valence electrons. The van der Waals surface area contributed by atoms with Gasteiger partial charge in [-0.15, -0.1) is 0 Å². The number of rotatable bonds is 2.